The van der Waals surface area contributed by atoms with Gasteiger partial charge in [-0.2, -0.15) is 13.2 Å². The Morgan fingerprint density at radius 3 is 2.24 bits per heavy atom. The lowest BCUT2D eigenvalue weighted by Crippen LogP contribution is -2.20. The van der Waals surface area contributed by atoms with E-state index in [4.69, 9.17) is 4.74 Å². The highest BCUT2D eigenvalue weighted by molar-refractivity contribution is 5.94. The summed E-state index contributed by atoms with van der Waals surface area (Å²) in [6, 6.07) is 11.8. The molecule has 0 saturated carbocycles. The Hall–Kier alpha value is -3.09. The number of carbonyl (C=O) groups excluding carboxylic acids is 2. The smallest absolute Gasteiger partial charge is 0.416 e. The zero-order chi connectivity index (χ0) is 21.7. The first-order chi connectivity index (χ1) is 13.4. The molecule has 0 aliphatic carbocycles. The SMILES string of the molecule is CC(C)(C)c1ccc(NC(=O)COC(=O)/C=C/c2cccc(C(F)(F)F)c2)cc1. The number of anilines is 1. The number of hydrogen-bond acceptors (Lipinski definition) is 3. The standard InChI is InChI=1S/C22H22F3NO3/c1-21(2,3)16-8-10-18(11-9-16)26-19(27)14-29-20(28)12-7-15-5-4-6-17(13-15)22(23,24)25/h4-13H,14H2,1-3H3,(H,26,27)/b12-7+. The first-order valence-corrected chi connectivity index (χ1v) is 8.87. The van der Waals surface area contributed by atoms with Gasteiger partial charge in [-0.25, -0.2) is 4.79 Å². The van der Waals surface area contributed by atoms with Crippen LogP contribution in [0.3, 0.4) is 0 Å². The molecule has 7 heteroatoms. The second-order valence-electron chi connectivity index (χ2n) is 7.44. The van der Waals surface area contributed by atoms with Crippen molar-refractivity contribution in [2.75, 3.05) is 11.9 Å². The van der Waals surface area contributed by atoms with Crippen molar-refractivity contribution >= 4 is 23.6 Å². The normalized spacial score (nSPS) is 12.1. The van der Waals surface area contributed by atoms with Gasteiger partial charge in [0.1, 0.15) is 0 Å². The summed E-state index contributed by atoms with van der Waals surface area (Å²) >= 11 is 0. The van der Waals surface area contributed by atoms with Gasteiger partial charge >= 0.3 is 12.1 Å². The van der Waals surface area contributed by atoms with Crippen LogP contribution in [0.15, 0.2) is 54.6 Å². The molecule has 1 amide bonds. The van der Waals surface area contributed by atoms with E-state index in [1.54, 1.807) is 12.1 Å². The van der Waals surface area contributed by atoms with E-state index in [9.17, 15) is 22.8 Å². The number of rotatable bonds is 5. The number of hydrogen-bond donors (Lipinski definition) is 1. The second-order valence-corrected chi connectivity index (χ2v) is 7.44. The van der Waals surface area contributed by atoms with Crippen LogP contribution in [0.5, 0.6) is 0 Å². The fourth-order valence-corrected chi connectivity index (χ4v) is 2.42. The van der Waals surface area contributed by atoms with Crippen LogP contribution in [-0.4, -0.2) is 18.5 Å². The van der Waals surface area contributed by atoms with Crippen LogP contribution in [0.25, 0.3) is 6.08 Å². The zero-order valence-corrected chi connectivity index (χ0v) is 16.3. The number of alkyl halides is 3. The van der Waals surface area contributed by atoms with Gasteiger partial charge < -0.3 is 10.1 Å². The van der Waals surface area contributed by atoms with Crippen LogP contribution in [0.2, 0.25) is 0 Å². The number of halogens is 3. The van der Waals surface area contributed by atoms with Crippen LogP contribution < -0.4 is 5.32 Å². The highest BCUT2D eigenvalue weighted by Crippen LogP contribution is 2.29. The summed E-state index contributed by atoms with van der Waals surface area (Å²) in [6.07, 6.45) is -2.30. The Bertz CT molecular complexity index is 895. The van der Waals surface area contributed by atoms with Crippen LogP contribution >= 0.6 is 0 Å². The molecule has 0 unspecified atom stereocenters. The number of esters is 1. The van der Waals surface area contributed by atoms with E-state index in [0.29, 0.717) is 5.69 Å². The third-order valence-electron chi connectivity index (χ3n) is 4.01. The van der Waals surface area contributed by atoms with Gasteiger partial charge in [0, 0.05) is 11.8 Å². The number of carbonyl (C=O) groups is 2. The van der Waals surface area contributed by atoms with Gasteiger partial charge in [0.15, 0.2) is 6.61 Å². The quantitative estimate of drug-likeness (QED) is 0.550. The molecule has 0 aliphatic heterocycles. The molecule has 1 N–H and O–H groups in total. The molecule has 0 saturated heterocycles. The molecule has 0 fully saturated rings. The lowest BCUT2D eigenvalue weighted by atomic mass is 9.87. The highest BCUT2D eigenvalue weighted by Gasteiger charge is 2.30. The van der Waals surface area contributed by atoms with Gasteiger partial charge in [-0.15, -0.1) is 0 Å². The van der Waals surface area contributed by atoms with Crippen molar-refractivity contribution in [1.29, 1.82) is 0 Å². The molecule has 0 radical (unpaired) electrons. The molecule has 154 valence electrons. The summed E-state index contributed by atoms with van der Waals surface area (Å²) in [4.78, 5) is 23.6. The summed E-state index contributed by atoms with van der Waals surface area (Å²) in [5.41, 5.74) is 1.05. The summed E-state index contributed by atoms with van der Waals surface area (Å²) in [5.74, 6) is -1.35. The summed E-state index contributed by atoms with van der Waals surface area (Å²) in [6.45, 7) is 5.72. The minimum atomic E-state index is -4.46. The number of amides is 1. The Morgan fingerprint density at radius 1 is 1.00 bits per heavy atom. The van der Waals surface area contributed by atoms with E-state index in [1.165, 1.54) is 18.2 Å². The number of benzene rings is 2. The average molecular weight is 405 g/mol. The van der Waals surface area contributed by atoms with Crippen LogP contribution in [0.4, 0.5) is 18.9 Å². The van der Waals surface area contributed by atoms with Gasteiger partial charge in [-0.3, -0.25) is 4.79 Å². The molecular formula is C22H22F3NO3. The van der Waals surface area contributed by atoms with E-state index in [-0.39, 0.29) is 11.0 Å². The Balaban J connectivity index is 1.86. The van der Waals surface area contributed by atoms with Crippen LogP contribution in [-0.2, 0) is 25.9 Å². The summed E-state index contributed by atoms with van der Waals surface area (Å²) in [5, 5.41) is 2.61. The monoisotopic (exact) mass is 405 g/mol. The van der Waals surface area contributed by atoms with Gasteiger partial charge in [0.05, 0.1) is 5.56 Å². The Labute approximate surface area is 167 Å². The maximum absolute atomic E-state index is 12.7. The Kier molecular flexibility index (Phi) is 6.84. The first-order valence-electron chi connectivity index (χ1n) is 8.87. The lowest BCUT2D eigenvalue weighted by molar-refractivity contribution is -0.142. The van der Waals surface area contributed by atoms with E-state index >= 15 is 0 Å². The molecular weight excluding hydrogens is 383 g/mol. The van der Waals surface area contributed by atoms with Crippen LogP contribution in [0.1, 0.15) is 37.5 Å². The third kappa shape index (κ3) is 7.10. The van der Waals surface area contributed by atoms with E-state index in [0.717, 1.165) is 23.8 Å². The number of nitrogens with one attached hydrogen (secondary N) is 1. The zero-order valence-electron chi connectivity index (χ0n) is 16.3. The molecule has 29 heavy (non-hydrogen) atoms. The second kappa shape index (κ2) is 8.94. The average Bonchev–Trinajstić information content (AvgIpc) is 2.64. The fourth-order valence-electron chi connectivity index (χ4n) is 2.42. The molecule has 0 heterocycles. The maximum Gasteiger partial charge on any atom is 0.416 e. The van der Waals surface area contributed by atoms with Crippen molar-refractivity contribution in [3.05, 3.63) is 71.3 Å². The van der Waals surface area contributed by atoms with Crippen molar-refractivity contribution in [3.63, 3.8) is 0 Å². The minimum Gasteiger partial charge on any atom is -0.452 e. The largest absolute Gasteiger partial charge is 0.452 e. The highest BCUT2D eigenvalue weighted by atomic mass is 19.4. The van der Waals surface area contributed by atoms with Gasteiger partial charge in [0.2, 0.25) is 0 Å². The lowest BCUT2D eigenvalue weighted by Gasteiger charge is -2.19. The van der Waals surface area contributed by atoms with Crippen LogP contribution in [0, 0.1) is 0 Å². The van der Waals surface area contributed by atoms with Gasteiger partial charge in [-0.05, 0) is 46.9 Å². The molecule has 2 aromatic rings. The molecule has 0 aliphatic rings. The van der Waals surface area contributed by atoms with Gasteiger partial charge in [-0.1, -0.05) is 45.0 Å². The molecule has 4 nitrogen and oxygen atoms in total. The van der Waals surface area contributed by atoms with Crippen molar-refractivity contribution < 1.29 is 27.5 Å². The van der Waals surface area contributed by atoms with E-state index in [2.05, 4.69) is 26.1 Å². The number of ether oxygens (including phenoxy) is 1. The summed E-state index contributed by atoms with van der Waals surface area (Å²) in [7, 11) is 0. The summed E-state index contributed by atoms with van der Waals surface area (Å²) < 4.78 is 42.8. The minimum absolute atomic E-state index is 0.00990. The fraction of sp³-hybridized carbons (Fsp3) is 0.273. The van der Waals surface area contributed by atoms with Crippen molar-refractivity contribution in [2.24, 2.45) is 0 Å². The predicted molar refractivity (Wildman–Crippen MR) is 105 cm³/mol. The topological polar surface area (TPSA) is 55.4 Å². The maximum atomic E-state index is 12.7. The molecule has 2 rings (SSSR count). The molecule has 0 atom stereocenters. The molecule has 2 aromatic carbocycles. The molecule has 0 bridgehead atoms. The third-order valence-corrected chi connectivity index (χ3v) is 4.01. The van der Waals surface area contributed by atoms with Crippen molar-refractivity contribution in [2.45, 2.75) is 32.4 Å². The van der Waals surface area contributed by atoms with Crippen molar-refractivity contribution in [1.82, 2.24) is 0 Å². The van der Waals surface area contributed by atoms with E-state index < -0.39 is 30.2 Å². The molecule has 0 spiro atoms. The van der Waals surface area contributed by atoms with E-state index in [1.807, 2.05) is 12.1 Å². The predicted octanol–water partition coefficient (Wildman–Crippen LogP) is 5.20. The van der Waals surface area contributed by atoms with Crippen molar-refractivity contribution in [3.8, 4) is 0 Å². The first kappa shape index (κ1) is 22.2. The Morgan fingerprint density at radius 2 is 1.66 bits per heavy atom. The van der Waals surface area contributed by atoms with Gasteiger partial charge in [0.25, 0.3) is 5.91 Å². The molecule has 0 aromatic heterocycles.